The molecule has 2 fully saturated rings. The number of piperazine rings is 1. The van der Waals surface area contributed by atoms with Crippen LogP contribution in [0.1, 0.15) is 33.1 Å². The van der Waals surface area contributed by atoms with E-state index < -0.39 is 6.10 Å². The van der Waals surface area contributed by atoms with E-state index >= 15 is 0 Å². The molecular formula is C18H35N3O4. The highest BCUT2D eigenvalue weighted by atomic mass is 16.5. The van der Waals surface area contributed by atoms with E-state index in [0.717, 1.165) is 52.0 Å². The van der Waals surface area contributed by atoms with Crippen molar-refractivity contribution in [3.63, 3.8) is 0 Å². The maximum Gasteiger partial charge on any atom is 0.234 e. The van der Waals surface area contributed by atoms with Crippen LogP contribution in [-0.2, 0) is 14.3 Å². The van der Waals surface area contributed by atoms with Crippen molar-refractivity contribution in [2.24, 2.45) is 0 Å². The van der Waals surface area contributed by atoms with Crippen molar-refractivity contribution in [3.05, 3.63) is 0 Å². The fourth-order valence-corrected chi connectivity index (χ4v) is 3.22. The summed E-state index contributed by atoms with van der Waals surface area (Å²) in [5, 5.41) is 13.1. The van der Waals surface area contributed by atoms with Gasteiger partial charge in [-0.1, -0.05) is 6.92 Å². The SMILES string of the molecule is CCC(C)NC(=O)CN1CCN(CC(O)COCC2CCCO2)CC1. The van der Waals surface area contributed by atoms with E-state index in [0.29, 0.717) is 26.3 Å². The highest BCUT2D eigenvalue weighted by molar-refractivity contribution is 5.78. The smallest absolute Gasteiger partial charge is 0.234 e. The van der Waals surface area contributed by atoms with Gasteiger partial charge in [0, 0.05) is 45.4 Å². The number of β-amino-alcohol motifs (C(OH)–C–C–N with tert-alkyl or cyclic N) is 1. The van der Waals surface area contributed by atoms with Crippen LogP contribution >= 0.6 is 0 Å². The van der Waals surface area contributed by atoms with E-state index in [1.54, 1.807) is 0 Å². The first-order valence-electron chi connectivity index (χ1n) is 9.68. The zero-order valence-corrected chi connectivity index (χ0v) is 15.8. The summed E-state index contributed by atoms with van der Waals surface area (Å²) in [5.41, 5.74) is 0. The lowest BCUT2D eigenvalue weighted by atomic mass is 10.2. The van der Waals surface area contributed by atoms with Crippen LogP contribution in [-0.4, -0.2) is 98.2 Å². The topological polar surface area (TPSA) is 74.3 Å². The summed E-state index contributed by atoms with van der Waals surface area (Å²) in [6, 6.07) is 0.235. The summed E-state index contributed by atoms with van der Waals surface area (Å²) in [5.74, 6) is 0.102. The third kappa shape index (κ3) is 8.00. The molecule has 0 radical (unpaired) electrons. The van der Waals surface area contributed by atoms with Crippen LogP contribution in [0.2, 0.25) is 0 Å². The molecule has 0 aromatic carbocycles. The molecule has 7 nitrogen and oxygen atoms in total. The number of aliphatic hydroxyl groups excluding tert-OH is 1. The molecule has 1 amide bonds. The van der Waals surface area contributed by atoms with Gasteiger partial charge in [0.15, 0.2) is 0 Å². The summed E-state index contributed by atoms with van der Waals surface area (Å²) in [6.07, 6.45) is 2.85. The molecule has 25 heavy (non-hydrogen) atoms. The van der Waals surface area contributed by atoms with Gasteiger partial charge < -0.3 is 19.9 Å². The maximum absolute atomic E-state index is 11.9. The first kappa shape index (κ1) is 20.6. The molecule has 0 bridgehead atoms. The van der Waals surface area contributed by atoms with E-state index in [9.17, 15) is 9.90 Å². The quantitative estimate of drug-likeness (QED) is 0.577. The minimum atomic E-state index is -0.471. The molecule has 2 saturated heterocycles. The fraction of sp³-hybridized carbons (Fsp3) is 0.944. The Kier molecular flexibility index (Phi) is 9.12. The lowest BCUT2D eigenvalue weighted by Crippen LogP contribution is -2.51. The van der Waals surface area contributed by atoms with Crippen LogP contribution in [0.3, 0.4) is 0 Å². The van der Waals surface area contributed by atoms with E-state index in [1.165, 1.54) is 0 Å². The van der Waals surface area contributed by atoms with Gasteiger partial charge >= 0.3 is 0 Å². The summed E-state index contributed by atoms with van der Waals surface area (Å²) >= 11 is 0. The Hall–Kier alpha value is -0.730. The predicted octanol–water partition coefficient (Wildman–Crippen LogP) is 0.0752. The van der Waals surface area contributed by atoms with Crippen molar-refractivity contribution >= 4 is 5.91 Å². The summed E-state index contributed by atoms with van der Waals surface area (Å²) < 4.78 is 11.1. The summed E-state index contributed by atoms with van der Waals surface area (Å²) in [6.45, 7) is 10.4. The number of rotatable bonds is 10. The number of amides is 1. The van der Waals surface area contributed by atoms with E-state index in [-0.39, 0.29) is 18.1 Å². The second-order valence-electron chi connectivity index (χ2n) is 7.28. The first-order chi connectivity index (χ1) is 12.1. The zero-order chi connectivity index (χ0) is 18.1. The molecule has 2 aliphatic heterocycles. The number of carbonyl (C=O) groups excluding carboxylic acids is 1. The third-order valence-corrected chi connectivity index (χ3v) is 4.96. The van der Waals surface area contributed by atoms with Gasteiger partial charge in [-0.15, -0.1) is 0 Å². The first-order valence-corrected chi connectivity index (χ1v) is 9.68. The van der Waals surface area contributed by atoms with Gasteiger partial charge in [-0.2, -0.15) is 0 Å². The van der Waals surface area contributed by atoms with Crippen molar-refractivity contribution in [1.29, 1.82) is 0 Å². The molecule has 7 heteroatoms. The molecule has 146 valence electrons. The van der Waals surface area contributed by atoms with E-state index in [2.05, 4.69) is 22.0 Å². The predicted molar refractivity (Wildman–Crippen MR) is 96.6 cm³/mol. The number of ether oxygens (including phenoxy) is 2. The van der Waals surface area contributed by atoms with Crippen molar-refractivity contribution in [2.45, 2.75) is 51.4 Å². The van der Waals surface area contributed by atoms with Gasteiger partial charge in [0.1, 0.15) is 0 Å². The Bertz CT molecular complexity index is 383. The lowest BCUT2D eigenvalue weighted by molar-refractivity contribution is -0.123. The van der Waals surface area contributed by atoms with Gasteiger partial charge in [-0.3, -0.25) is 14.6 Å². The Morgan fingerprint density at radius 1 is 1.32 bits per heavy atom. The molecule has 0 aromatic rings. The third-order valence-electron chi connectivity index (χ3n) is 4.96. The number of hydrogen-bond donors (Lipinski definition) is 2. The molecule has 2 N–H and O–H groups in total. The fourth-order valence-electron chi connectivity index (χ4n) is 3.22. The van der Waals surface area contributed by atoms with Gasteiger partial charge in [0.05, 0.1) is 32.0 Å². The minimum absolute atomic E-state index is 0.102. The average Bonchev–Trinajstić information content (AvgIpc) is 3.10. The Labute approximate surface area is 151 Å². The zero-order valence-electron chi connectivity index (χ0n) is 15.8. The standard InChI is InChI=1S/C18H35N3O4/c1-3-15(2)19-18(23)12-21-8-6-20(7-9-21)11-16(22)13-24-14-17-5-4-10-25-17/h15-17,22H,3-14H2,1-2H3,(H,19,23). The molecule has 0 spiro atoms. The molecule has 3 atom stereocenters. The van der Waals surface area contributed by atoms with Crippen molar-refractivity contribution in [3.8, 4) is 0 Å². The van der Waals surface area contributed by atoms with Gasteiger partial charge in [0.2, 0.25) is 5.91 Å². The number of nitrogens with one attached hydrogen (secondary N) is 1. The van der Waals surface area contributed by atoms with E-state index in [1.807, 2.05) is 6.92 Å². The number of aliphatic hydroxyl groups is 1. The largest absolute Gasteiger partial charge is 0.389 e. The number of carbonyl (C=O) groups is 1. The highest BCUT2D eigenvalue weighted by Gasteiger charge is 2.22. The number of nitrogens with zero attached hydrogens (tertiary/aromatic N) is 2. The van der Waals surface area contributed by atoms with Crippen molar-refractivity contribution in [2.75, 3.05) is 59.1 Å². The molecule has 2 rings (SSSR count). The maximum atomic E-state index is 11.9. The van der Waals surface area contributed by atoms with Gasteiger partial charge in [-0.05, 0) is 26.2 Å². The van der Waals surface area contributed by atoms with Crippen LogP contribution in [0.4, 0.5) is 0 Å². The van der Waals surface area contributed by atoms with Crippen LogP contribution in [0.15, 0.2) is 0 Å². The number of hydrogen-bond acceptors (Lipinski definition) is 6. The highest BCUT2D eigenvalue weighted by Crippen LogP contribution is 2.12. The Morgan fingerprint density at radius 3 is 2.68 bits per heavy atom. The Morgan fingerprint density at radius 2 is 2.04 bits per heavy atom. The average molecular weight is 357 g/mol. The molecule has 0 aliphatic carbocycles. The molecular weight excluding hydrogens is 322 g/mol. The van der Waals surface area contributed by atoms with Gasteiger partial charge in [0.25, 0.3) is 0 Å². The Balaban J connectivity index is 1.54. The molecule has 0 aromatic heterocycles. The molecule has 0 saturated carbocycles. The minimum Gasteiger partial charge on any atom is -0.389 e. The normalized spacial score (nSPS) is 25.0. The van der Waals surface area contributed by atoms with Crippen molar-refractivity contribution < 1.29 is 19.4 Å². The van der Waals surface area contributed by atoms with Crippen LogP contribution in [0.5, 0.6) is 0 Å². The summed E-state index contributed by atoms with van der Waals surface area (Å²) in [7, 11) is 0. The molecule has 2 heterocycles. The molecule has 3 unspecified atom stereocenters. The van der Waals surface area contributed by atoms with Crippen molar-refractivity contribution in [1.82, 2.24) is 15.1 Å². The van der Waals surface area contributed by atoms with Gasteiger partial charge in [-0.25, -0.2) is 0 Å². The van der Waals surface area contributed by atoms with Crippen LogP contribution in [0.25, 0.3) is 0 Å². The second kappa shape index (κ2) is 11.1. The lowest BCUT2D eigenvalue weighted by Gasteiger charge is -2.35. The second-order valence-corrected chi connectivity index (χ2v) is 7.28. The molecule has 2 aliphatic rings. The monoisotopic (exact) mass is 357 g/mol. The van der Waals surface area contributed by atoms with E-state index in [4.69, 9.17) is 9.47 Å². The van der Waals surface area contributed by atoms with Crippen LogP contribution in [0, 0.1) is 0 Å². The van der Waals surface area contributed by atoms with Crippen LogP contribution < -0.4 is 5.32 Å². The summed E-state index contributed by atoms with van der Waals surface area (Å²) in [4.78, 5) is 16.3.